The average Bonchev–Trinajstić information content (AvgIpc) is 2.85. The molecule has 0 spiro atoms. The number of fused-ring (bicyclic) bond motifs is 1. The minimum absolute atomic E-state index is 0.333. The molecule has 0 N–H and O–H groups in total. The molecule has 0 unspecified atom stereocenters. The number of hydrogen-bond donors (Lipinski definition) is 0. The molecule has 0 atom stereocenters. The second-order valence-electron chi connectivity index (χ2n) is 4.30. The molecule has 2 aromatic rings. The van der Waals surface area contributed by atoms with Crippen LogP contribution >= 0.6 is 11.3 Å². The van der Waals surface area contributed by atoms with Crippen molar-refractivity contribution in [3.05, 3.63) is 40.0 Å². The fraction of sp³-hybridized carbons (Fsp3) is 0.333. The van der Waals surface area contributed by atoms with Crippen molar-refractivity contribution in [2.45, 2.75) is 19.1 Å². The maximum atomic E-state index is 12.6. The zero-order chi connectivity index (χ0) is 13.5. The molecule has 2 aromatic heterocycles. The van der Waals surface area contributed by atoms with E-state index in [0.717, 1.165) is 18.8 Å². The van der Waals surface area contributed by atoms with E-state index in [9.17, 15) is 13.2 Å². The summed E-state index contributed by atoms with van der Waals surface area (Å²) in [6, 6.07) is 3.02. The molecule has 0 aromatic carbocycles. The topological polar surface area (TPSA) is 29.0 Å². The van der Waals surface area contributed by atoms with E-state index in [-0.39, 0.29) is 0 Å². The minimum Gasteiger partial charge on any atom is -0.352 e. The van der Waals surface area contributed by atoms with Gasteiger partial charge in [0.1, 0.15) is 17.8 Å². The first-order chi connectivity index (χ1) is 9.04. The summed E-state index contributed by atoms with van der Waals surface area (Å²) in [5.74, 6) is 0.333. The summed E-state index contributed by atoms with van der Waals surface area (Å²) in [6.07, 6.45) is -2.61. The number of halogens is 3. The molecule has 3 rings (SSSR count). The van der Waals surface area contributed by atoms with Gasteiger partial charge in [-0.05, 0) is 23.4 Å². The maximum Gasteiger partial charge on any atom is 0.433 e. The Balaban J connectivity index is 1.88. The third-order valence-corrected chi connectivity index (χ3v) is 4.10. The second kappa shape index (κ2) is 4.48. The van der Waals surface area contributed by atoms with Crippen LogP contribution in [0.25, 0.3) is 0 Å². The molecule has 100 valence electrons. The van der Waals surface area contributed by atoms with E-state index in [1.807, 2.05) is 16.3 Å². The van der Waals surface area contributed by atoms with E-state index in [1.165, 1.54) is 10.4 Å². The predicted octanol–water partition coefficient (Wildman–Crippen LogP) is 3.12. The zero-order valence-corrected chi connectivity index (χ0v) is 10.6. The summed E-state index contributed by atoms with van der Waals surface area (Å²) in [5, 5.41) is 2.01. The van der Waals surface area contributed by atoms with Crippen LogP contribution in [-0.4, -0.2) is 16.5 Å². The molecule has 1 aliphatic rings. The third-order valence-electron chi connectivity index (χ3n) is 3.07. The van der Waals surface area contributed by atoms with Crippen molar-refractivity contribution in [3.63, 3.8) is 0 Å². The zero-order valence-electron chi connectivity index (χ0n) is 9.81. The van der Waals surface area contributed by atoms with Crippen LogP contribution in [-0.2, 0) is 19.1 Å². The molecule has 0 aliphatic carbocycles. The SMILES string of the molecule is FC(F)(F)c1cc(N2CCc3sccc3C2)ncn1. The van der Waals surface area contributed by atoms with Crippen molar-refractivity contribution < 1.29 is 13.2 Å². The summed E-state index contributed by atoms with van der Waals surface area (Å²) >= 11 is 1.69. The van der Waals surface area contributed by atoms with Gasteiger partial charge in [0.15, 0.2) is 0 Å². The molecule has 1 aliphatic heterocycles. The average molecular weight is 285 g/mol. The van der Waals surface area contributed by atoms with Crippen LogP contribution in [0.3, 0.4) is 0 Å². The second-order valence-corrected chi connectivity index (χ2v) is 5.30. The smallest absolute Gasteiger partial charge is 0.352 e. The highest BCUT2D eigenvalue weighted by molar-refractivity contribution is 7.10. The largest absolute Gasteiger partial charge is 0.433 e. The lowest BCUT2D eigenvalue weighted by Gasteiger charge is -2.28. The van der Waals surface area contributed by atoms with Crippen molar-refractivity contribution in [2.24, 2.45) is 0 Å². The van der Waals surface area contributed by atoms with E-state index in [4.69, 9.17) is 0 Å². The van der Waals surface area contributed by atoms with Gasteiger partial charge >= 0.3 is 6.18 Å². The number of rotatable bonds is 1. The molecule has 0 fully saturated rings. The number of thiophene rings is 1. The van der Waals surface area contributed by atoms with Crippen LogP contribution < -0.4 is 4.90 Å². The first kappa shape index (κ1) is 12.4. The van der Waals surface area contributed by atoms with E-state index < -0.39 is 11.9 Å². The maximum absolute atomic E-state index is 12.6. The summed E-state index contributed by atoms with van der Waals surface area (Å²) in [4.78, 5) is 10.4. The molecular weight excluding hydrogens is 275 g/mol. The van der Waals surface area contributed by atoms with Crippen molar-refractivity contribution >= 4 is 17.2 Å². The third kappa shape index (κ3) is 2.42. The van der Waals surface area contributed by atoms with Gasteiger partial charge in [-0.15, -0.1) is 11.3 Å². The Morgan fingerprint density at radius 2 is 2.11 bits per heavy atom. The normalized spacial score (nSPS) is 15.4. The first-order valence-electron chi connectivity index (χ1n) is 5.73. The van der Waals surface area contributed by atoms with Gasteiger partial charge in [-0.1, -0.05) is 0 Å². The number of aromatic nitrogens is 2. The van der Waals surface area contributed by atoms with Crippen LogP contribution in [0.5, 0.6) is 0 Å². The van der Waals surface area contributed by atoms with E-state index >= 15 is 0 Å². The predicted molar refractivity (Wildman–Crippen MR) is 66.1 cm³/mol. The minimum atomic E-state index is -4.43. The van der Waals surface area contributed by atoms with E-state index in [2.05, 4.69) is 9.97 Å². The van der Waals surface area contributed by atoms with E-state index in [0.29, 0.717) is 18.9 Å². The Bertz CT molecular complexity index is 594. The van der Waals surface area contributed by atoms with Crippen molar-refractivity contribution in [3.8, 4) is 0 Å². The fourth-order valence-electron chi connectivity index (χ4n) is 2.12. The van der Waals surface area contributed by atoms with Gasteiger partial charge in [0.2, 0.25) is 0 Å². The van der Waals surface area contributed by atoms with Gasteiger partial charge in [0.25, 0.3) is 0 Å². The highest BCUT2D eigenvalue weighted by Gasteiger charge is 2.33. The molecule has 7 heteroatoms. The highest BCUT2D eigenvalue weighted by Crippen LogP contribution is 2.31. The number of hydrogen-bond acceptors (Lipinski definition) is 4. The van der Waals surface area contributed by atoms with Gasteiger partial charge in [-0.2, -0.15) is 13.2 Å². The monoisotopic (exact) mass is 285 g/mol. The Labute approximate surface area is 111 Å². The van der Waals surface area contributed by atoms with Crippen LogP contribution in [0.15, 0.2) is 23.8 Å². The van der Waals surface area contributed by atoms with Crippen LogP contribution in [0.4, 0.5) is 19.0 Å². The van der Waals surface area contributed by atoms with Crippen LogP contribution in [0.1, 0.15) is 16.1 Å². The molecular formula is C12H10F3N3S. The molecule has 0 saturated carbocycles. The molecule has 0 bridgehead atoms. The van der Waals surface area contributed by atoms with Crippen molar-refractivity contribution in [1.29, 1.82) is 0 Å². The molecule has 3 heterocycles. The van der Waals surface area contributed by atoms with Gasteiger partial charge in [-0.25, -0.2) is 9.97 Å². The standard InChI is InChI=1S/C12H10F3N3S/c13-12(14,15)10-5-11(17-7-16-10)18-3-1-9-8(6-18)2-4-19-9/h2,4-5,7H,1,3,6H2. The lowest BCUT2D eigenvalue weighted by molar-refractivity contribution is -0.141. The van der Waals surface area contributed by atoms with Gasteiger partial charge in [0.05, 0.1) is 0 Å². The summed E-state index contributed by atoms with van der Waals surface area (Å²) in [6.45, 7) is 1.29. The Morgan fingerprint density at radius 3 is 2.89 bits per heavy atom. The van der Waals surface area contributed by atoms with Crippen molar-refractivity contribution in [1.82, 2.24) is 9.97 Å². The summed E-state index contributed by atoms with van der Waals surface area (Å²) < 4.78 is 37.9. The Hall–Kier alpha value is -1.63. The first-order valence-corrected chi connectivity index (χ1v) is 6.61. The molecule has 3 nitrogen and oxygen atoms in total. The quantitative estimate of drug-likeness (QED) is 0.806. The Kier molecular flexibility index (Phi) is 2.93. The van der Waals surface area contributed by atoms with Crippen LogP contribution in [0.2, 0.25) is 0 Å². The van der Waals surface area contributed by atoms with Gasteiger partial charge in [-0.3, -0.25) is 0 Å². The lowest BCUT2D eigenvalue weighted by Crippen LogP contribution is -2.30. The van der Waals surface area contributed by atoms with Crippen molar-refractivity contribution in [2.75, 3.05) is 11.4 Å². The lowest BCUT2D eigenvalue weighted by atomic mass is 10.1. The van der Waals surface area contributed by atoms with E-state index in [1.54, 1.807) is 11.3 Å². The van der Waals surface area contributed by atoms with Gasteiger partial charge < -0.3 is 4.90 Å². The summed E-state index contributed by atoms with van der Waals surface area (Å²) in [7, 11) is 0. The molecule has 0 radical (unpaired) electrons. The van der Waals surface area contributed by atoms with Crippen LogP contribution in [0, 0.1) is 0 Å². The number of alkyl halides is 3. The summed E-state index contributed by atoms with van der Waals surface area (Å²) in [5.41, 5.74) is 0.275. The Morgan fingerprint density at radius 1 is 1.26 bits per heavy atom. The van der Waals surface area contributed by atoms with Gasteiger partial charge in [0, 0.05) is 24.0 Å². The molecule has 0 saturated heterocycles. The highest BCUT2D eigenvalue weighted by atomic mass is 32.1. The fourth-order valence-corrected chi connectivity index (χ4v) is 3.01. The number of anilines is 1. The molecule has 0 amide bonds. The number of nitrogens with zero attached hydrogens (tertiary/aromatic N) is 3. The molecule has 19 heavy (non-hydrogen) atoms.